The van der Waals surface area contributed by atoms with Crippen molar-refractivity contribution in [2.45, 2.75) is 13.5 Å². The maximum Gasteiger partial charge on any atom is 0.261 e. The third-order valence-corrected chi connectivity index (χ3v) is 4.65. The van der Waals surface area contributed by atoms with Gasteiger partial charge in [0.15, 0.2) is 11.5 Å². The molecule has 1 amide bonds. The van der Waals surface area contributed by atoms with Crippen LogP contribution >= 0.6 is 11.3 Å². The molecule has 25 heavy (non-hydrogen) atoms. The van der Waals surface area contributed by atoms with Crippen LogP contribution in [0.2, 0.25) is 0 Å². The molecule has 5 nitrogen and oxygen atoms in total. The molecule has 0 aliphatic heterocycles. The number of nitrogens with zero attached hydrogens (tertiary/aromatic N) is 1. The summed E-state index contributed by atoms with van der Waals surface area (Å²) in [6, 6.07) is 13.0. The van der Waals surface area contributed by atoms with Crippen LogP contribution in [0.25, 0.3) is 0 Å². The van der Waals surface area contributed by atoms with Gasteiger partial charge in [0.25, 0.3) is 5.91 Å². The predicted molar refractivity (Wildman–Crippen MR) is 97.5 cm³/mol. The molecular formula is C19H18N2O3S. The summed E-state index contributed by atoms with van der Waals surface area (Å²) in [6.45, 7) is 2.25. The van der Waals surface area contributed by atoms with Gasteiger partial charge in [0.05, 0.1) is 12.0 Å². The Hall–Kier alpha value is -2.86. The maximum atomic E-state index is 12.3. The molecule has 0 atom stereocenters. The van der Waals surface area contributed by atoms with Crippen molar-refractivity contribution in [3.05, 3.63) is 70.0 Å². The maximum absolute atomic E-state index is 12.3. The number of aryl methyl sites for hydroxylation is 1. The SMILES string of the molecule is COc1ccccc1Oc1ncccc1CNC(=O)c1sccc1C. The molecule has 0 saturated heterocycles. The van der Waals surface area contributed by atoms with Crippen LogP contribution in [0.3, 0.4) is 0 Å². The number of thiophene rings is 1. The lowest BCUT2D eigenvalue weighted by molar-refractivity contribution is 0.0954. The van der Waals surface area contributed by atoms with Crippen molar-refractivity contribution in [1.29, 1.82) is 0 Å². The average Bonchev–Trinajstić information content (AvgIpc) is 3.07. The van der Waals surface area contributed by atoms with Gasteiger partial charge in [0, 0.05) is 18.3 Å². The highest BCUT2D eigenvalue weighted by atomic mass is 32.1. The van der Waals surface area contributed by atoms with Crippen LogP contribution in [0.1, 0.15) is 20.8 Å². The number of carbonyl (C=O) groups is 1. The van der Waals surface area contributed by atoms with E-state index in [1.165, 1.54) is 11.3 Å². The molecule has 1 aromatic carbocycles. The van der Waals surface area contributed by atoms with Gasteiger partial charge in [-0.1, -0.05) is 18.2 Å². The number of ether oxygens (including phenoxy) is 2. The zero-order valence-corrected chi connectivity index (χ0v) is 14.8. The highest BCUT2D eigenvalue weighted by molar-refractivity contribution is 7.12. The quantitative estimate of drug-likeness (QED) is 0.721. The summed E-state index contributed by atoms with van der Waals surface area (Å²) in [5.74, 6) is 1.54. The molecule has 0 radical (unpaired) electrons. The largest absolute Gasteiger partial charge is 0.493 e. The molecule has 0 bridgehead atoms. The van der Waals surface area contributed by atoms with Crippen LogP contribution in [0.4, 0.5) is 0 Å². The first-order valence-corrected chi connectivity index (χ1v) is 8.64. The molecule has 2 aromatic heterocycles. The predicted octanol–water partition coefficient (Wildman–Crippen LogP) is 4.18. The van der Waals surface area contributed by atoms with Crippen molar-refractivity contribution in [2.24, 2.45) is 0 Å². The Morgan fingerprint density at radius 3 is 2.68 bits per heavy atom. The molecule has 0 unspecified atom stereocenters. The fraction of sp³-hybridized carbons (Fsp3) is 0.158. The first kappa shape index (κ1) is 17.0. The molecule has 6 heteroatoms. The summed E-state index contributed by atoms with van der Waals surface area (Å²) in [7, 11) is 1.59. The number of nitrogens with one attached hydrogen (secondary N) is 1. The Morgan fingerprint density at radius 2 is 1.96 bits per heavy atom. The number of benzene rings is 1. The number of rotatable bonds is 6. The van der Waals surface area contributed by atoms with Gasteiger partial charge >= 0.3 is 0 Å². The molecular weight excluding hydrogens is 336 g/mol. The van der Waals surface area contributed by atoms with E-state index < -0.39 is 0 Å². The topological polar surface area (TPSA) is 60.5 Å². The Bertz CT molecular complexity index is 876. The number of carbonyl (C=O) groups excluding carboxylic acids is 1. The summed E-state index contributed by atoms with van der Waals surface area (Å²) in [5, 5.41) is 4.82. The average molecular weight is 354 g/mol. The minimum Gasteiger partial charge on any atom is -0.493 e. The van der Waals surface area contributed by atoms with E-state index in [0.717, 1.165) is 16.0 Å². The first-order chi connectivity index (χ1) is 12.2. The second kappa shape index (κ2) is 7.81. The number of para-hydroxylation sites is 2. The summed E-state index contributed by atoms with van der Waals surface area (Å²) in [4.78, 5) is 17.3. The van der Waals surface area contributed by atoms with Gasteiger partial charge < -0.3 is 14.8 Å². The fourth-order valence-electron chi connectivity index (χ4n) is 2.32. The number of amides is 1. The van der Waals surface area contributed by atoms with Crippen LogP contribution < -0.4 is 14.8 Å². The highest BCUT2D eigenvalue weighted by Crippen LogP contribution is 2.31. The first-order valence-electron chi connectivity index (χ1n) is 7.76. The van der Waals surface area contributed by atoms with Gasteiger partial charge in [-0.25, -0.2) is 4.98 Å². The zero-order valence-electron chi connectivity index (χ0n) is 14.0. The summed E-state index contributed by atoms with van der Waals surface area (Å²) in [6.07, 6.45) is 1.65. The van der Waals surface area contributed by atoms with Crippen LogP contribution in [0.5, 0.6) is 17.4 Å². The molecule has 1 N–H and O–H groups in total. The second-order valence-corrected chi connectivity index (χ2v) is 6.25. The van der Waals surface area contributed by atoms with Gasteiger partial charge in [0.1, 0.15) is 0 Å². The third kappa shape index (κ3) is 3.97. The number of hydrogen-bond donors (Lipinski definition) is 1. The highest BCUT2D eigenvalue weighted by Gasteiger charge is 2.13. The van der Waals surface area contributed by atoms with E-state index in [2.05, 4.69) is 10.3 Å². The van der Waals surface area contributed by atoms with Crippen LogP contribution in [-0.4, -0.2) is 18.0 Å². The van der Waals surface area contributed by atoms with Crippen molar-refractivity contribution >= 4 is 17.2 Å². The third-order valence-electron chi connectivity index (χ3n) is 3.63. The van der Waals surface area contributed by atoms with Crippen molar-refractivity contribution in [3.63, 3.8) is 0 Å². The summed E-state index contributed by atoms with van der Waals surface area (Å²) < 4.78 is 11.2. The lowest BCUT2D eigenvalue weighted by atomic mass is 10.2. The molecule has 3 rings (SSSR count). The smallest absolute Gasteiger partial charge is 0.261 e. The Morgan fingerprint density at radius 1 is 1.16 bits per heavy atom. The molecule has 0 aliphatic carbocycles. The normalized spacial score (nSPS) is 10.3. The van der Waals surface area contributed by atoms with E-state index in [1.54, 1.807) is 13.3 Å². The van der Waals surface area contributed by atoms with Crippen LogP contribution in [0, 0.1) is 6.92 Å². The molecule has 0 saturated carbocycles. The van der Waals surface area contributed by atoms with Gasteiger partial charge in [0.2, 0.25) is 5.88 Å². The molecule has 128 valence electrons. The molecule has 3 aromatic rings. The summed E-state index contributed by atoms with van der Waals surface area (Å²) in [5.41, 5.74) is 1.76. The molecule has 2 heterocycles. The van der Waals surface area contributed by atoms with E-state index in [9.17, 15) is 4.79 Å². The monoisotopic (exact) mass is 354 g/mol. The number of methoxy groups -OCH3 is 1. The zero-order chi connectivity index (χ0) is 17.6. The van der Waals surface area contributed by atoms with E-state index >= 15 is 0 Å². The lowest BCUT2D eigenvalue weighted by Gasteiger charge is -2.12. The number of hydrogen-bond acceptors (Lipinski definition) is 5. The minimum atomic E-state index is -0.0976. The molecule has 0 fully saturated rings. The van der Waals surface area contributed by atoms with Gasteiger partial charge in [-0.05, 0) is 42.1 Å². The molecule has 0 aliphatic rings. The summed E-state index contributed by atoms with van der Waals surface area (Å²) >= 11 is 1.43. The Labute approximate surface area is 150 Å². The standard InChI is InChI=1S/C19H18N2O3S/c1-13-9-11-25-17(13)18(22)21-12-14-6-5-10-20-19(14)24-16-8-4-3-7-15(16)23-2/h3-11H,12H2,1-2H3,(H,21,22). The number of aromatic nitrogens is 1. The van der Waals surface area contributed by atoms with E-state index in [4.69, 9.17) is 9.47 Å². The van der Waals surface area contributed by atoms with Gasteiger partial charge in [-0.15, -0.1) is 11.3 Å². The van der Waals surface area contributed by atoms with E-state index in [0.29, 0.717) is 23.9 Å². The van der Waals surface area contributed by atoms with Crippen LogP contribution in [-0.2, 0) is 6.54 Å². The van der Waals surface area contributed by atoms with E-state index in [1.807, 2.05) is 54.8 Å². The van der Waals surface area contributed by atoms with Gasteiger partial charge in [-0.2, -0.15) is 0 Å². The molecule has 0 spiro atoms. The second-order valence-electron chi connectivity index (χ2n) is 5.34. The fourth-order valence-corrected chi connectivity index (χ4v) is 3.16. The van der Waals surface area contributed by atoms with Crippen molar-refractivity contribution in [2.75, 3.05) is 7.11 Å². The van der Waals surface area contributed by atoms with Crippen LogP contribution in [0.15, 0.2) is 54.0 Å². The van der Waals surface area contributed by atoms with Gasteiger partial charge in [-0.3, -0.25) is 4.79 Å². The van der Waals surface area contributed by atoms with Crippen molar-refractivity contribution in [3.8, 4) is 17.4 Å². The Balaban J connectivity index is 1.75. The lowest BCUT2D eigenvalue weighted by Crippen LogP contribution is -2.22. The Kier molecular flexibility index (Phi) is 5.30. The minimum absolute atomic E-state index is 0.0976. The van der Waals surface area contributed by atoms with E-state index in [-0.39, 0.29) is 5.91 Å². The van der Waals surface area contributed by atoms with Crippen molar-refractivity contribution in [1.82, 2.24) is 10.3 Å². The van der Waals surface area contributed by atoms with Crippen molar-refractivity contribution < 1.29 is 14.3 Å². The number of pyridine rings is 1.